The number of benzene rings is 2. The Bertz CT molecular complexity index is 571. The molecule has 0 bridgehead atoms. The van der Waals surface area contributed by atoms with Gasteiger partial charge in [0.2, 0.25) is 0 Å². The Morgan fingerprint density at radius 3 is 2.10 bits per heavy atom. The van der Waals surface area contributed by atoms with Gasteiger partial charge in [-0.1, -0.05) is 67.3 Å². The van der Waals surface area contributed by atoms with E-state index in [0.29, 0.717) is 11.1 Å². The van der Waals surface area contributed by atoms with Crippen molar-refractivity contribution in [1.29, 1.82) is 0 Å². The average Bonchev–Trinajstić information content (AvgIpc) is 2.49. The lowest BCUT2D eigenvalue weighted by Crippen LogP contribution is -1.98. The maximum absolute atomic E-state index is 10.5. The number of carboxylic acid groups (broad SMARTS) is 1. The van der Waals surface area contributed by atoms with E-state index >= 15 is 0 Å². The van der Waals surface area contributed by atoms with Gasteiger partial charge in [0.25, 0.3) is 0 Å². The normalized spacial score (nSPS) is 9.00. The SMILES string of the molecule is C=CCc1ccccc1.C=Cc1ccccc1C(=O)O. The van der Waals surface area contributed by atoms with Gasteiger partial charge in [-0.15, -0.1) is 6.58 Å². The highest BCUT2D eigenvalue weighted by Crippen LogP contribution is 2.08. The minimum Gasteiger partial charge on any atom is -0.478 e. The topological polar surface area (TPSA) is 37.3 Å². The smallest absolute Gasteiger partial charge is 0.336 e. The molecule has 2 aromatic carbocycles. The molecular formula is C18H18O2. The second-order valence-electron chi connectivity index (χ2n) is 4.07. The lowest BCUT2D eigenvalue weighted by Gasteiger charge is -1.97. The third kappa shape index (κ3) is 4.94. The van der Waals surface area contributed by atoms with Crippen LogP contribution in [0.25, 0.3) is 6.08 Å². The van der Waals surface area contributed by atoms with Crippen LogP contribution in [-0.2, 0) is 6.42 Å². The number of hydrogen-bond donors (Lipinski definition) is 1. The second kappa shape index (κ2) is 8.48. The summed E-state index contributed by atoms with van der Waals surface area (Å²) < 4.78 is 0. The molecule has 0 aliphatic rings. The fourth-order valence-electron chi connectivity index (χ4n) is 1.65. The number of hydrogen-bond acceptors (Lipinski definition) is 1. The van der Waals surface area contributed by atoms with Gasteiger partial charge in [0.1, 0.15) is 0 Å². The molecule has 0 spiro atoms. The van der Waals surface area contributed by atoms with Gasteiger partial charge in [-0.25, -0.2) is 4.79 Å². The van der Waals surface area contributed by atoms with Crippen molar-refractivity contribution in [3.63, 3.8) is 0 Å². The summed E-state index contributed by atoms with van der Waals surface area (Å²) in [6, 6.07) is 17.0. The zero-order valence-corrected chi connectivity index (χ0v) is 11.3. The zero-order chi connectivity index (χ0) is 14.8. The van der Waals surface area contributed by atoms with Crippen molar-refractivity contribution < 1.29 is 9.90 Å². The average molecular weight is 266 g/mol. The molecule has 0 fully saturated rings. The van der Waals surface area contributed by atoms with E-state index in [9.17, 15) is 4.79 Å². The molecule has 2 nitrogen and oxygen atoms in total. The number of carboxylic acids is 1. The predicted octanol–water partition coefficient (Wildman–Crippen LogP) is 4.44. The van der Waals surface area contributed by atoms with E-state index in [-0.39, 0.29) is 0 Å². The van der Waals surface area contributed by atoms with Crippen molar-refractivity contribution in [2.45, 2.75) is 6.42 Å². The van der Waals surface area contributed by atoms with Crippen molar-refractivity contribution in [3.05, 3.63) is 90.5 Å². The molecule has 0 aliphatic heterocycles. The quantitative estimate of drug-likeness (QED) is 0.830. The molecule has 20 heavy (non-hydrogen) atoms. The second-order valence-corrected chi connectivity index (χ2v) is 4.07. The van der Waals surface area contributed by atoms with Crippen molar-refractivity contribution in [3.8, 4) is 0 Å². The van der Waals surface area contributed by atoms with Crippen molar-refractivity contribution in [2.24, 2.45) is 0 Å². The Balaban J connectivity index is 0.000000204. The maximum Gasteiger partial charge on any atom is 0.336 e. The van der Waals surface area contributed by atoms with E-state index in [1.54, 1.807) is 24.3 Å². The summed E-state index contributed by atoms with van der Waals surface area (Å²) in [7, 11) is 0. The first-order valence-electron chi connectivity index (χ1n) is 6.28. The van der Waals surface area contributed by atoms with Crippen LogP contribution in [0.15, 0.2) is 73.8 Å². The van der Waals surface area contributed by atoms with Crippen molar-refractivity contribution in [2.75, 3.05) is 0 Å². The summed E-state index contributed by atoms with van der Waals surface area (Å²) in [6.45, 7) is 7.17. The largest absolute Gasteiger partial charge is 0.478 e. The highest BCUT2D eigenvalue weighted by Gasteiger charge is 2.04. The third-order valence-electron chi connectivity index (χ3n) is 2.63. The van der Waals surface area contributed by atoms with Crippen LogP contribution in [0.3, 0.4) is 0 Å². The Hall–Kier alpha value is -2.61. The third-order valence-corrected chi connectivity index (χ3v) is 2.63. The van der Waals surface area contributed by atoms with Gasteiger partial charge < -0.3 is 5.11 Å². The van der Waals surface area contributed by atoms with Crippen LogP contribution in [0.1, 0.15) is 21.5 Å². The summed E-state index contributed by atoms with van der Waals surface area (Å²) in [6.07, 6.45) is 4.42. The summed E-state index contributed by atoms with van der Waals surface area (Å²) in [5, 5.41) is 8.65. The first kappa shape index (κ1) is 15.4. The van der Waals surface area contributed by atoms with E-state index in [4.69, 9.17) is 5.11 Å². The highest BCUT2D eigenvalue weighted by molar-refractivity contribution is 5.91. The molecule has 0 saturated carbocycles. The van der Waals surface area contributed by atoms with E-state index in [1.807, 2.05) is 24.3 Å². The number of allylic oxidation sites excluding steroid dienone is 1. The van der Waals surface area contributed by atoms with Gasteiger partial charge in [0.05, 0.1) is 5.56 Å². The molecular weight excluding hydrogens is 248 g/mol. The summed E-state index contributed by atoms with van der Waals surface area (Å²) in [4.78, 5) is 10.5. The fraction of sp³-hybridized carbons (Fsp3) is 0.0556. The van der Waals surface area contributed by atoms with E-state index in [0.717, 1.165) is 6.42 Å². The summed E-state index contributed by atoms with van der Waals surface area (Å²) >= 11 is 0. The minimum atomic E-state index is -0.916. The van der Waals surface area contributed by atoms with Crippen LogP contribution < -0.4 is 0 Å². The molecule has 0 aliphatic carbocycles. The highest BCUT2D eigenvalue weighted by atomic mass is 16.4. The molecule has 2 rings (SSSR count). The molecule has 0 atom stereocenters. The van der Waals surface area contributed by atoms with Crippen molar-refractivity contribution >= 4 is 12.0 Å². The molecule has 0 unspecified atom stereocenters. The monoisotopic (exact) mass is 266 g/mol. The van der Waals surface area contributed by atoms with Gasteiger partial charge >= 0.3 is 5.97 Å². The molecule has 0 aromatic heterocycles. The van der Waals surface area contributed by atoms with Gasteiger partial charge in [-0.05, 0) is 23.6 Å². The van der Waals surface area contributed by atoms with E-state index < -0.39 is 5.97 Å². The summed E-state index contributed by atoms with van der Waals surface area (Å²) in [5.41, 5.74) is 2.27. The van der Waals surface area contributed by atoms with Gasteiger partial charge in [-0.3, -0.25) is 0 Å². The van der Waals surface area contributed by atoms with E-state index in [2.05, 4.69) is 25.3 Å². The van der Waals surface area contributed by atoms with Crippen LogP contribution in [-0.4, -0.2) is 11.1 Å². The van der Waals surface area contributed by atoms with Crippen LogP contribution >= 0.6 is 0 Å². The van der Waals surface area contributed by atoms with Gasteiger partial charge in [0, 0.05) is 0 Å². The first-order valence-corrected chi connectivity index (χ1v) is 6.28. The number of aromatic carboxylic acids is 1. The predicted molar refractivity (Wildman–Crippen MR) is 83.8 cm³/mol. The van der Waals surface area contributed by atoms with Gasteiger partial charge in [-0.2, -0.15) is 0 Å². The molecule has 102 valence electrons. The Labute approximate surface area is 119 Å². The molecule has 0 radical (unpaired) electrons. The first-order chi connectivity index (χ1) is 9.69. The molecule has 0 heterocycles. The van der Waals surface area contributed by atoms with Crippen LogP contribution in [0.2, 0.25) is 0 Å². The van der Waals surface area contributed by atoms with Crippen LogP contribution in [0, 0.1) is 0 Å². The number of carbonyl (C=O) groups is 1. The molecule has 1 N–H and O–H groups in total. The lowest BCUT2D eigenvalue weighted by atomic mass is 10.1. The molecule has 2 aromatic rings. The van der Waals surface area contributed by atoms with Gasteiger partial charge in [0.15, 0.2) is 0 Å². The summed E-state index contributed by atoms with van der Waals surface area (Å²) in [5.74, 6) is -0.916. The molecule has 0 saturated heterocycles. The van der Waals surface area contributed by atoms with Crippen LogP contribution in [0.4, 0.5) is 0 Å². The minimum absolute atomic E-state index is 0.294. The Morgan fingerprint density at radius 1 is 1.00 bits per heavy atom. The zero-order valence-electron chi connectivity index (χ0n) is 11.3. The number of rotatable bonds is 4. The Kier molecular flexibility index (Phi) is 6.55. The Morgan fingerprint density at radius 2 is 1.60 bits per heavy atom. The molecule has 0 amide bonds. The van der Waals surface area contributed by atoms with Crippen molar-refractivity contribution in [1.82, 2.24) is 0 Å². The van der Waals surface area contributed by atoms with Crippen LogP contribution in [0.5, 0.6) is 0 Å². The van der Waals surface area contributed by atoms with E-state index in [1.165, 1.54) is 11.6 Å². The maximum atomic E-state index is 10.5. The fourth-order valence-corrected chi connectivity index (χ4v) is 1.65. The molecule has 2 heteroatoms. The standard InChI is InChI=1S/C9H8O2.C9H10/c1-2-7-5-3-4-6-8(7)9(10)11;1-2-6-9-7-4-3-5-8-9/h2-6H,1H2,(H,10,11);2-5,7-8H,1,6H2. The lowest BCUT2D eigenvalue weighted by molar-refractivity contribution is 0.0696.